The fourth-order valence-electron chi connectivity index (χ4n) is 6.53. The highest BCUT2D eigenvalue weighted by Crippen LogP contribution is 2.32. The third-order valence-electron chi connectivity index (χ3n) is 8.31. The number of ether oxygens (including phenoxy) is 1. The van der Waals surface area contributed by atoms with Crippen molar-refractivity contribution >= 4 is 15.9 Å². The van der Waals surface area contributed by atoms with Crippen LogP contribution in [0.15, 0.2) is 65.7 Å². The molecule has 1 saturated heterocycles. The lowest BCUT2D eigenvalue weighted by atomic mass is 10.00. The van der Waals surface area contributed by atoms with Crippen LogP contribution in [0.5, 0.6) is 0 Å². The summed E-state index contributed by atoms with van der Waals surface area (Å²) < 4.78 is 37.5. The minimum atomic E-state index is -3.67. The van der Waals surface area contributed by atoms with Gasteiger partial charge in [-0.1, -0.05) is 54.4 Å². The van der Waals surface area contributed by atoms with E-state index in [9.17, 15) is 13.2 Å². The Labute approximate surface area is 238 Å². The number of amides is 1. The summed E-state index contributed by atoms with van der Waals surface area (Å²) in [7, 11) is -3.67. The van der Waals surface area contributed by atoms with E-state index in [1.807, 2.05) is 62.1 Å². The van der Waals surface area contributed by atoms with Crippen molar-refractivity contribution in [1.82, 2.24) is 13.8 Å². The molecule has 0 N–H and O–H groups in total. The number of hydrogen-bond acceptors (Lipinski definition) is 4. The van der Waals surface area contributed by atoms with Gasteiger partial charge in [-0.3, -0.25) is 4.79 Å². The van der Waals surface area contributed by atoms with Crippen molar-refractivity contribution in [3.05, 3.63) is 88.7 Å². The monoisotopic (exact) mass is 563 g/mol. The number of aryl methyl sites for hydroxylation is 4. The van der Waals surface area contributed by atoms with Gasteiger partial charge in [0.05, 0.1) is 17.5 Å². The first kappa shape index (κ1) is 28.6. The molecule has 0 spiro atoms. The molecule has 3 aromatic rings. The highest BCUT2D eigenvalue weighted by molar-refractivity contribution is 7.89. The summed E-state index contributed by atoms with van der Waals surface area (Å²) in [5, 5.41) is 0. The number of carbonyl (C=O) groups excluding carboxylic acids is 1. The zero-order valence-corrected chi connectivity index (χ0v) is 24.7. The van der Waals surface area contributed by atoms with E-state index in [2.05, 4.69) is 29.0 Å². The predicted molar refractivity (Wildman–Crippen MR) is 157 cm³/mol. The van der Waals surface area contributed by atoms with Gasteiger partial charge in [0.25, 0.3) is 0 Å². The first-order chi connectivity index (χ1) is 19.3. The number of nitrogens with zero attached hydrogens (tertiary/aromatic N) is 3. The van der Waals surface area contributed by atoms with Crippen molar-refractivity contribution in [2.24, 2.45) is 0 Å². The first-order valence-corrected chi connectivity index (χ1v) is 15.9. The average molecular weight is 564 g/mol. The highest BCUT2D eigenvalue weighted by atomic mass is 32.2. The molecule has 0 bridgehead atoms. The van der Waals surface area contributed by atoms with Crippen molar-refractivity contribution in [2.45, 2.75) is 76.4 Å². The summed E-state index contributed by atoms with van der Waals surface area (Å²) in [4.78, 5) is 15.8. The molecule has 1 aromatic heterocycles. The SMILES string of the molecule is Cc1cc(C)c(S(=O)(=O)N2CCCCC2COCC(=O)N2CCn3cccc3C2CCc2ccccc2)c(C)c1. The summed E-state index contributed by atoms with van der Waals surface area (Å²) in [6.45, 7) is 7.76. The van der Waals surface area contributed by atoms with Gasteiger partial charge in [-0.15, -0.1) is 0 Å². The molecule has 3 heterocycles. The van der Waals surface area contributed by atoms with E-state index in [1.165, 1.54) is 5.56 Å². The number of fused-ring (bicyclic) bond motifs is 1. The summed E-state index contributed by atoms with van der Waals surface area (Å²) in [6, 6.07) is 18.1. The molecule has 0 saturated carbocycles. The van der Waals surface area contributed by atoms with Crippen LogP contribution in [0.3, 0.4) is 0 Å². The molecule has 0 radical (unpaired) electrons. The summed E-state index contributed by atoms with van der Waals surface area (Å²) in [5.41, 5.74) is 5.01. The number of hydrogen-bond donors (Lipinski definition) is 0. The second-order valence-corrected chi connectivity index (χ2v) is 13.1. The predicted octanol–water partition coefficient (Wildman–Crippen LogP) is 5.19. The van der Waals surface area contributed by atoms with Crippen LogP contribution in [0.2, 0.25) is 0 Å². The maximum absolute atomic E-state index is 13.8. The molecule has 40 heavy (non-hydrogen) atoms. The van der Waals surface area contributed by atoms with Crippen molar-refractivity contribution in [3.8, 4) is 0 Å². The molecular weight excluding hydrogens is 522 g/mol. The lowest BCUT2D eigenvalue weighted by Gasteiger charge is -2.38. The number of rotatable bonds is 9. The Morgan fingerprint density at radius 3 is 2.45 bits per heavy atom. The molecule has 7 nitrogen and oxygen atoms in total. The van der Waals surface area contributed by atoms with Crippen LogP contribution < -0.4 is 0 Å². The van der Waals surface area contributed by atoms with E-state index >= 15 is 0 Å². The van der Waals surface area contributed by atoms with E-state index < -0.39 is 10.0 Å². The van der Waals surface area contributed by atoms with Gasteiger partial charge in [0.1, 0.15) is 6.61 Å². The number of aromatic nitrogens is 1. The molecular formula is C32H41N3O4S. The van der Waals surface area contributed by atoms with E-state index in [-0.39, 0.29) is 31.2 Å². The third-order valence-corrected chi connectivity index (χ3v) is 10.6. The Balaban J connectivity index is 1.25. The molecule has 1 fully saturated rings. The largest absolute Gasteiger partial charge is 0.370 e. The van der Waals surface area contributed by atoms with Gasteiger partial charge in [-0.2, -0.15) is 4.31 Å². The van der Waals surface area contributed by atoms with Gasteiger partial charge in [0.15, 0.2) is 0 Å². The number of carbonyl (C=O) groups is 1. The summed E-state index contributed by atoms with van der Waals surface area (Å²) >= 11 is 0. The Morgan fingerprint density at radius 1 is 0.950 bits per heavy atom. The molecule has 5 rings (SSSR count). The van der Waals surface area contributed by atoms with Crippen molar-refractivity contribution < 1.29 is 17.9 Å². The minimum absolute atomic E-state index is 0.0147. The number of sulfonamides is 1. The van der Waals surface area contributed by atoms with Gasteiger partial charge in [0, 0.05) is 37.6 Å². The van der Waals surface area contributed by atoms with Crippen LogP contribution in [-0.4, -0.2) is 60.4 Å². The van der Waals surface area contributed by atoms with Crippen molar-refractivity contribution in [3.63, 3.8) is 0 Å². The normalized spacial score (nSPS) is 19.9. The van der Waals surface area contributed by atoms with Crippen molar-refractivity contribution in [1.29, 1.82) is 0 Å². The molecule has 2 atom stereocenters. The van der Waals surface area contributed by atoms with Crippen LogP contribution >= 0.6 is 0 Å². The standard InChI is InChI=1S/C32H41N3O4S/c1-24-20-25(2)32(26(3)21-24)40(37,38)35-17-8-7-12-28(35)22-39-23-31(36)34-19-18-33-16-9-13-29(33)30(34)15-14-27-10-5-4-6-11-27/h4-6,9-11,13,16,20-21,28,30H,7-8,12,14-15,17-19,22-23H2,1-3H3. The van der Waals surface area contributed by atoms with Crippen molar-refractivity contribution in [2.75, 3.05) is 26.3 Å². The Hall–Kier alpha value is -2.94. The molecule has 1 amide bonds. The lowest BCUT2D eigenvalue weighted by Crippen LogP contribution is -2.47. The maximum Gasteiger partial charge on any atom is 0.249 e. The van der Waals surface area contributed by atoms with E-state index in [1.54, 1.807) is 4.31 Å². The molecule has 2 aliphatic heterocycles. The van der Waals surface area contributed by atoms with Gasteiger partial charge in [-0.25, -0.2) is 8.42 Å². The van der Waals surface area contributed by atoms with Gasteiger partial charge >= 0.3 is 0 Å². The lowest BCUT2D eigenvalue weighted by molar-refractivity contribution is -0.140. The number of piperidine rings is 1. The highest BCUT2D eigenvalue weighted by Gasteiger charge is 2.36. The maximum atomic E-state index is 13.8. The second-order valence-electron chi connectivity index (χ2n) is 11.3. The molecule has 214 valence electrons. The van der Waals surface area contributed by atoms with Crippen LogP contribution in [0.4, 0.5) is 0 Å². The minimum Gasteiger partial charge on any atom is -0.370 e. The summed E-state index contributed by atoms with van der Waals surface area (Å²) in [6.07, 6.45) is 6.31. The smallest absolute Gasteiger partial charge is 0.249 e. The van der Waals surface area contributed by atoms with Crippen LogP contribution in [-0.2, 0) is 32.5 Å². The molecule has 2 unspecified atom stereocenters. The number of benzene rings is 2. The Morgan fingerprint density at radius 2 is 1.70 bits per heavy atom. The molecule has 8 heteroatoms. The molecule has 0 aliphatic carbocycles. The summed E-state index contributed by atoms with van der Waals surface area (Å²) in [5.74, 6) is -0.0408. The van der Waals surface area contributed by atoms with E-state index in [0.717, 1.165) is 61.0 Å². The topological polar surface area (TPSA) is 71.8 Å². The average Bonchev–Trinajstić information content (AvgIpc) is 3.41. The third kappa shape index (κ3) is 6.04. The zero-order valence-electron chi connectivity index (χ0n) is 23.9. The van der Waals surface area contributed by atoms with Crippen LogP contribution in [0.25, 0.3) is 0 Å². The fourth-order valence-corrected chi connectivity index (χ4v) is 8.62. The quantitative estimate of drug-likeness (QED) is 0.359. The Kier molecular flexibility index (Phi) is 8.78. The van der Waals surface area contributed by atoms with Gasteiger partial charge < -0.3 is 14.2 Å². The second kappa shape index (κ2) is 12.3. The zero-order chi connectivity index (χ0) is 28.3. The Bertz CT molecular complexity index is 1410. The van der Waals surface area contributed by atoms with E-state index in [0.29, 0.717) is 18.0 Å². The van der Waals surface area contributed by atoms with E-state index in [4.69, 9.17) is 4.74 Å². The van der Waals surface area contributed by atoms with Gasteiger partial charge in [0.2, 0.25) is 15.9 Å². The first-order valence-electron chi connectivity index (χ1n) is 14.4. The van der Waals surface area contributed by atoms with Crippen LogP contribution in [0, 0.1) is 20.8 Å². The molecule has 2 aliphatic rings. The fraction of sp³-hybridized carbons (Fsp3) is 0.469. The van der Waals surface area contributed by atoms with Gasteiger partial charge in [-0.05, 0) is 75.3 Å². The molecule has 2 aromatic carbocycles. The van der Waals surface area contributed by atoms with Crippen LogP contribution in [0.1, 0.15) is 59.7 Å².